The molecule has 2 heteroatoms. The number of halogens is 1. The Labute approximate surface area is 104 Å². The first-order valence-corrected chi connectivity index (χ1v) is 6.17. The van der Waals surface area contributed by atoms with Gasteiger partial charge in [0.05, 0.1) is 12.0 Å². The number of benzene rings is 1. The van der Waals surface area contributed by atoms with Crippen LogP contribution >= 0.6 is 11.6 Å². The van der Waals surface area contributed by atoms with Crippen LogP contribution in [0.2, 0.25) is 0 Å². The van der Waals surface area contributed by atoms with E-state index in [2.05, 4.69) is 39.8 Å². The molecule has 1 rings (SSSR count). The topological polar surface area (TPSA) is 9.23 Å². The highest BCUT2D eigenvalue weighted by molar-refractivity contribution is 6.21. The lowest BCUT2D eigenvalue weighted by molar-refractivity contribution is 0.324. The minimum atomic E-state index is -0.0334. The summed E-state index contributed by atoms with van der Waals surface area (Å²) in [5.41, 5.74) is 2.34. The highest BCUT2D eigenvalue weighted by Crippen LogP contribution is 2.42. The molecule has 16 heavy (non-hydrogen) atoms. The van der Waals surface area contributed by atoms with Crippen molar-refractivity contribution in [3.8, 4) is 5.75 Å². The van der Waals surface area contributed by atoms with E-state index in [1.807, 2.05) is 13.0 Å². The average molecular weight is 241 g/mol. The molecule has 90 valence electrons. The summed E-state index contributed by atoms with van der Waals surface area (Å²) in [6.45, 7) is 11.2. The summed E-state index contributed by atoms with van der Waals surface area (Å²) in [7, 11) is 0. The first-order chi connectivity index (χ1) is 7.36. The van der Waals surface area contributed by atoms with Crippen molar-refractivity contribution >= 4 is 11.6 Å². The molecular formula is C14H21ClO. The van der Waals surface area contributed by atoms with Gasteiger partial charge >= 0.3 is 0 Å². The Balaban J connectivity index is 3.14. The maximum absolute atomic E-state index is 6.52. The van der Waals surface area contributed by atoms with Crippen molar-refractivity contribution in [3.63, 3.8) is 0 Å². The Kier molecular flexibility index (Phi) is 4.26. The van der Waals surface area contributed by atoms with Crippen molar-refractivity contribution < 1.29 is 4.74 Å². The standard InChI is InChI=1S/C14H21ClO/c1-6-16-12-8-7-10(2)9-11(12)13(15)14(3,4)5/h7-9,13H,6H2,1-5H3. The molecule has 1 aromatic rings. The van der Waals surface area contributed by atoms with Crippen molar-refractivity contribution in [1.82, 2.24) is 0 Å². The monoisotopic (exact) mass is 240 g/mol. The van der Waals surface area contributed by atoms with Gasteiger partial charge in [0.2, 0.25) is 0 Å². The summed E-state index contributed by atoms with van der Waals surface area (Å²) in [5, 5.41) is -0.0334. The summed E-state index contributed by atoms with van der Waals surface area (Å²) in [6.07, 6.45) is 0. The van der Waals surface area contributed by atoms with Crippen molar-refractivity contribution in [3.05, 3.63) is 29.3 Å². The Hall–Kier alpha value is -0.690. The Morgan fingerprint density at radius 3 is 2.44 bits per heavy atom. The molecule has 0 amide bonds. The fourth-order valence-electron chi connectivity index (χ4n) is 1.62. The van der Waals surface area contributed by atoms with E-state index in [0.717, 1.165) is 11.3 Å². The van der Waals surface area contributed by atoms with Crippen LogP contribution in [0.15, 0.2) is 18.2 Å². The van der Waals surface area contributed by atoms with Crippen LogP contribution < -0.4 is 4.74 Å². The van der Waals surface area contributed by atoms with Crippen molar-refractivity contribution in [1.29, 1.82) is 0 Å². The van der Waals surface area contributed by atoms with E-state index in [4.69, 9.17) is 16.3 Å². The molecule has 0 saturated carbocycles. The molecule has 1 atom stereocenters. The first kappa shape index (κ1) is 13.4. The van der Waals surface area contributed by atoms with E-state index in [1.54, 1.807) is 0 Å². The molecule has 0 aromatic heterocycles. The SMILES string of the molecule is CCOc1ccc(C)cc1C(Cl)C(C)(C)C. The Morgan fingerprint density at radius 1 is 1.31 bits per heavy atom. The van der Waals surface area contributed by atoms with E-state index in [0.29, 0.717) is 6.61 Å². The quantitative estimate of drug-likeness (QED) is 0.695. The number of rotatable bonds is 3. The summed E-state index contributed by atoms with van der Waals surface area (Å²) in [5.74, 6) is 0.906. The van der Waals surface area contributed by atoms with Gasteiger partial charge in [-0.25, -0.2) is 0 Å². The van der Waals surface area contributed by atoms with Crippen LogP contribution in [0.5, 0.6) is 5.75 Å². The van der Waals surface area contributed by atoms with Crippen LogP contribution in [0.25, 0.3) is 0 Å². The molecule has 1 nitrogen and oxygen atoms in total. The fourth-order valence-corrected chi connectivity index (χ4v) is 1.79. The number of hydrogen-bond donors (Lipinski definition) is 0. The lowest BCUT2D eigenvalue weighted by Gasteiger charge is -2.27. The molecule has 0 saturated heterocycles. The first-order valence-electron chi connectivity index (χ1n) is 5.73. The highest BCUT2D eigenvalue weighted by atomic mass is 35.5. The zero-order valence-corrected chi connectivity index (χ0v) is 11.6. The number of alkyl halides is 1. The van der Waals surface area contributed by atoms with Gasteiger partial charge in [0.15, 0.2) is 0 Å². The Morgan fingerprint density at radius 2 is 1.94 bits per heavy atom. The van der Waals surface area contributed by atoms with Gasteiger partial charge in [-0.3, -0.25) is 0 Å². The van der Waals surface area contributed by atoms with Gasteiger partial charge in [0, 0.05) is 5.56 Å². The summed E-state index contributed by atoms with van der Waals surface area (Å²) in [6, 6.07) is 6.18. The second kappa shape index (κ2) is 5.09. The van der Waals surface area contributed by atoms with Gasteiger partial charge in [-0.2, -0.15) is 0 Å². The van der Waals surface area contributed by atoms with Crippen LogP contribution in [0.3, 0.4) is 0 Å². The van der Waals surface area contributed by atoms with E-state index in [-0.39, 0.29) is 10.8 Å². The molecule has 0 heterocycles. The van der Waals surface area contributed by atoms with Crippen molar-refractivity contribution in [2.24, 2.45) is 5.41 Å². The zero-order chi connectivity index (χ0) is 12.3. The third-order valence-corrected chi connectivity index (χ3v) is 3.39. The van der Waals surface area contributed by atoms with Gasteiger partial charge in [0.25, 0.3) is 0 Å². The molecule has 1 unspecified atom stereocenters. The predicted octanol–water partition coefficient (Wildman–Crippen LogP) is 4.72. The highest BCUT2D eigenvalue weighted by Gasteiger charge is 2.26. The van der Waals surface area contributed by atoms with Crippen LogP contribution in [-0.2, 0) is 0 Å². The minimum Gasteiger partial charge on any atom is -0.494 e. The molecule has 1 aromatic carbocycles. The van der Waals surface area contributed by atoms with Crippen LogP contribution in [0, 0.1) is 12.3 Å². The van der Waals surface area contributed by atoms with Gasteiger partial charge in [-0.1, -0.05) is 38.5 Å². The molecular weight excluding hydrogens is 220 g/mol. The Bertz CT molecular complexity index is 352. The normalized spacial score (nSPS) is 13.6. The van der Waals surface area contributed by atoms with Gasteiger partial charge in [-0.05, 0) is 25.3 Å². The van der Waals surface area contributed by atoms with Crippen LogP contribution in [0.4, 0.5) is 0 Å². The maximum atomic E-state index is 6.52. The summed E-state index contributed by atoms with van der Waals surface area (Å²) < 4.78 is 5.62. The van der Waals surface area contributed by atoms with Gasteiger partial charge in [-0.15, -0.1) is 11.6 Å². The van der Waals surface area contributed by atoms with Gasteiger partial charge in [0.1, 0.15) is 5.75 Å². The minimum absolute atomic E-state index is 0.0290. The second-order valence-electron chi connectivity index (χ2n) is 5.20. The lowest BCUT2D eigenvalue weighted by Crippen LogP contribution is -2.14. The van der Waals surface area contributed by atoms with Crippen LogP contribution in [0.1, 0.15) is 44.2 Å². The van der Waals surface area contributed by atoms with Crippen LogP contribution in [-0.4, -0.2) is 6.61 Å². The van der Waals surface area contributed by atoms with E-state index in [1.165, 1.54) is 5.56 Å². The van der Waals surface area contributed by atoms with E-state index in [9.17, 15) is 0 Å². The third kappa shape index (κ3) is 3.15. The maximum Gasteiger partial charge on any atom is 0.123 e. The zero-order valence-electron chi connectivity index (χ0n) is 10.8. The van der Waals surface area contributed by atoms with E-state index < -0.39 is 0 Å². The molecule has 0 fully saturated rings. The molecule has 0 bridgehead atoms. The van der Waals surface area contributed by atoms with Crippen molar-refractivity contribution in [2.75, 3.05) is 6.61 Å². The van der Waals surface area contributed by atoms with Gasteiger partial charge < -0.3 is 4.74 Å². The number of hydrogen-bond acceptors (Lipinski definition) is 1. The van der Waals surface area contributed by atoms with Crippen molar-refractivity contribution in [2.45, 2.75) is 40.0 Å². The average Bonchev–Trinajstić information content (AvgIpc) is 2.18. The lowest BCUT2D eigenvalue weighted by atomic mass is 9.86. The molecule has 0 aliphatic carbocycles. The molecule has 0 aliphatic rings. The third-order valence-electron chi connectivity index (χ3n) is 2.50. The second-order valence-corrected chi connectivity index (χ2v) is 5.64. The molecule has 0 aliphatic heterocycles. The van der Waals surface area contributed by atoms with E-state index >= 15 is 0 Å². The molecule has 0 radical (unpaired) electrons. The summed E-state index contributed by atoms with van der Waals surface area (Å²) >= 11 is 6.52. The number of aryl methyl sites for hydroxylation is 1. The number of ether oxygens (including phenoxy) is 1. The smallest absolute Gasteiger partial charge is 0.123 e. The summed E-state index contributed by atoms with van der Waals surface area (Å²) in [4.78, 5) is 0. The molecule has 0 N–H and O–H groups in total. The predicted molar refractivity (Wildman–Crippen MR) is 70.4 cm³/mol. The molecule has 0 spiro atoms. The largest absolute Gasteiger partial charge is 0.494 e. The fraction of sp³-hybridized carbons (Fsp3) is 0.571.